The zero-order chi connectivity index (χ0) is 10.8. The predicted molar refractivity (Wildman–Crippen MR) is 67.5 cm³/mol. The maximum Gasteiger partial charge on any atom is 0.0113 e. The monoisotopic (exact) mass is 222 g/mol. The first-order valence-corrected chi connectivity index (χ1v) is 7.43. The Kier molecular flexibility index (Phi) is 3.49. The summed E-state index contributed by atoms with van der Waals surface area (Å²) in [4.78, 5) is 0. The Morgan fingerprint density at radius 1 is 0.812 bits per heavy atom. The third-order valence-corrected chi connectivity index (χ3v) is 4.99. The SMILES string of the molecule is C1CCC(C2CCCC2NC2CCC2)NC1. The van der Waals surface area contributed by atoms with Crippen molar-refractivity contribution in [3.05, 3.63) is 0 Å². The third kappa shape index (κ3) is 2.28. The lowest BCUT2D eigenvalue weighted by molar-refractivity contribution is 0.219. The molecule has 0 bridgehead atoms. The molecular formula is C14H26N2. The van der Waals surface area contributed by atoms with Crippen LogP contribution >= 0.6 is 0 Å². The molecule has 3 unspecified atom stereocenters. The van der Waals surface area contributed by atoms with Crippen molar-refractivity contribution < 1.29 is 0 Å². The Morgan fingerprint density at radius 2 is 1.69 bits per heavy atom. The minimum Gasteiger partial charge on any atom is -0.314 e. The van der Waals surface area contributed by atoms with E-state index in [9.17, 15) is 0 Å². The van der Waals surface area contributed by atoms with E-state index in [1.54, 1.807) is 0 Å². The van der Waals surface area contributed by atoms with Crippen molar-refractivity contribution in [2.24, 2.45) is 5.92 Å². The smallest absolute Gasteiger partial charge is 0.0113 e. The van der Waals surface area contributed by atoms with E-state index in [1.807, 2.05) is 0 Å². The van der Waals surface area contributed by atoms with Gasteiger partial charge in [-0.2, -0.15) is 0 Å². The van der Waals surface area contributed by atoms with Gasteiger partial charge in [0.1, 0.15) is 0 Å². The fourth-order valence-corrected chi connectivity index (χ4v) is 3.80. The molecule has 0 radical (unpaired) electrons. The van der Waals surface area contributed by atoms with Crippen LogP contribution in [0.3, 0.4) is 0 Å². The molecule has 2 heteroatoms. The van der Waals surface area contributed by atoms with Gasteiger partial charge in [-0.3, -0.25) is 0 Å². The lowest BCUT2D eigenvalue weighted by atomic mass is 9.86. The van der Waals surface area contributed by atoms with Crippen LogP contribution in [0, 0.1) is 5.92 Å². The average Bonchev–Trinajstić information content (AvgIpc) is 2.73. The molecule has 0 amide bonds. The van der Waals surface area contributed by atoms with Crippen molar-refractivity contribution in [2.75, 3.05) is 6.54 Å². The zero-order valence-corrected chi connectivity index (χ0v) is 10.4. The molecule has 16 heavy (non-hydrogen) atoms. The normalized spacial score (nSPS) is 40.9. The average molecular weight is 222 g/mol. The molecule has 3 atom stereocenters. The summed E-state index contributed by atoms with van der Waals surface area (Å²) in [5.41, 5.74) is 0. The van der Waals surface area contributed by atoms with Crippen molar-refractivity contribution >= 4 is 0 Å². The molecule has 0 aromatic heterocycles. The molecule has 2 nitrogen and oxygen atoms in total. The van der Waals surface area contributed by atoms with Gasteiger partial charge in [0, 0.05) is 18.1 Å². The fraction of sp³-hybridized carbons (Fsp3) is 1.00. The van der Waals surface area contributed by atoms with Crippen LogP contribution in [0.2, 0.25) is 0 Å². The third-order valence-electron chi connectivity index (χ3n) is 4.99. The van der Waals surface area contributed by atoms with Crippen LogP contribution < -0.4 is 10.6 Å². The Balaban J connectivity index is 1.54. The minimum absolute atomic E-state index is 0.828. The summed E-state index contributed by atoms with van der Waals surface area (Å²) in [7, 11) is 0. The van der Waals surface area contributed by atoms with Crippen LogP contribution in [0.25, 0.3) is 0 Å². The highest BCUT2D eigenvalue weighted by Gasteiger charge is 2.35. The largest absolute Gasteiger partial charge is 0.314 e. The van der Waals surface area contributed by atoms with Gasteiger partial charge in [0.2, 0.25) is 0 Å². The molecule has 92 valence electrons. The lowest BCUT2D eigenvalue weighted by Crippen LogP contribution is -2.50. The molecule has 1 heterocycles. The van der Waals surface area contributed by atoms with Crippen molar-refractivity contribution in [3.63, 3.8) is 0 Å². The first-order valence-electron chi connectivity index (χ1n) is 7.43. The number of nitrogens with one attached hydrogen (secondary N) is 2. The van der Waals surface area contributed by atoms with Gasteiger partial charge < -0.3 is 10.6 Å². The highest BCUT2D eigenvalue weighted by atomic mass is 15.0. The zero-order valence-electron chi connectivity index (χ0n) is 10.4. The lowest BCUT2D eigenvalue weighted by Gasteiger charge is -2.37. The Bertz CT molecular complexity index is 219. The van der Waals surface area contributed by atoms with Crippen molar-refractivity contribution in [1.82, 2.24) is 10.6 Å². The van der Waals surface area contributed by atoms with E-state index in [1.165, 1.54) is 64.3 Å². The van der Waals surface area contributed by atoms with Gasteiger partial charge in [0.05, 0.1) is 0 Å². The Labute approximate surface area is 99.6 Å². The molecule has 0 spiro atoms. The molecule has 3 rings (SSSR count). The molecule has 1 saturated heterocycles. The van der Waals surface area contributed by atoms with Crippen molar-refractivity contribution in [2.45, 2.75) is 75.9 Å². The molecule has 2 saturated carbocycles. The van der Waals surface area contributed by atoms with Crippen LogP contribution in [0.1, 0.15) is 57.8 Å². The molecule has 2 aliphatic carbocycles. The topological polar surface area (TPSA) is 24.1 Å². The van der Waals surface area contributed by atoms with Crippen LogP contribution in [-0.4, -0.2) is 24.7 Å². The molecule has 0 aromatic rings. The molecule has 3 fully saturated rings. The van der Waals surface area contributed by atoms with Gasteiger partial charge in [0.15, 0.2) is 0 Å². The van der Waals surface area contributed by atoms with Gasteiger partial charge in [0.25, 0.3) is 0 Å². The van der Waals surface area contributed by atoms with Crippen LogP contribution in [0.4, 0.5) is 0 Å². The highest BCUT2D eigenvalue weighted by molar-refractivity contribution is 4.94. The minimum atomic E-state index is 0.828. The first-order chi connectivity index (χ1) is 7.93. The summed E-state index contributed by atoms with van der Waals surface area (Å²) >= 11 is 0. The Morgan fingerprint density at radius 3 is 2.38 bits per heavy atom. The summed E-state index contributed by atoms with van der Waals surface area (Å²) in [6.07, 6.45) is 12.9. The second kappa shape index (κ2) is 5.05. The predicted octanol–water partition coefficient (Wildman–Crippen LogP) is 2.44. The fourth-order valence-electron chi connectivity index (χ4n) is 3.80. The Hall–Kier alpha value is -0.0800. The van der Waals surface area contributed by atoms with Gasteiger partial charge in [-0.25, -0.2) is 0 Å². The maximum atomic E-state index is 3.92. The summed E-state index contributed by atoms with van der Waals surface area (Å²) < 4.78 is 0. The summed E-state index contributed by atoms with van der Waals surface area (Å²) in [5, 5.41) is 7.68. The van der Waals surface area contributed by atoms with Crippen LogP contribution in [0.15, 0.2) is 0 Å². The van der Waals surface area contributed by atoms with E-state index in [0.29, 0.717) is 0 Å². The van der Waals surface area contributed by atoms with E-state index < -0.39 is 0 Å². The first kappa shape index (κ1) is 11.0. The quantitative estimate of drug-likeness (QED) is 0.766. The molecule has 2 N–H and O–H groups in total. The van der Waals surface area contributed by atoms with Crippen LogP contribution in [0.5, 0.6) is 0 Å². The van der Waals surface area contributed by atoms with Crippen molar-refractivity contribution in [3.8, 4) is 0 Å². The van der Waals surface area contributed by atoms with Gasteiger partial charge in [-0.05, 0) is 51.0 Å². The second-order valence-electron chi connectivity index (χ2n) is 6.05. The second-order valence-corrected chi connectivity index (χ2v) is 6.05. The summed E-state index contributed by atoms with van der Waals surface area (Å²) in [5.74, 6) is 0.931. The molecule has 0 aromatic carbocycles. The van der Waals surface area contributed by atoms with Crippen LogP contribution in [-0.2, 0) is 0 Å². The summed E-state index contributed by atoms with van der Waals surface area (Å²) in [6.45, 7) is 1.26. The molecule has 1 aliphatic heterocycles. The number of rotatable bonds is 3. The van der Waals surface area contributed by atoms with Gasteiger partial charge >= 0.3 is 0 Å². The number of hydrogen-bond acceptors (Lipinski definition) is 2. The van der Waals surface area contributed by atoms with E-state index in [0.717, 1.165) is 24.0 Å². The van der Waals surface area contributed by atoms with E-state index >= 15 is 0 Å². The van der Waals surface area contributed by atoms with E-state index in [-0.39, 0.29) is 0 Å². The summed E-state index contributed by atoms with van der Waals surface area (Å²) in [6, 6.07) is 2.53. The molecule has 3 aliphatic rings. The standard InChI is InChI=1S/C14H26N2/c1-2-10-15-13(8-1)12-7-4-9-14(12)16-11-5-3-6-11/h11-16H,1-10H2. The highest BCUT2D eigenvalue weighted by Crippen LogP contribution is 2.33. The maximum absolute atomic E-state index is 3.92. The van der Waals surface area contributed by atoms with Gasteiger partial charge in [-0.1, -0.05) is 19.3 Å². The number of piperidine rings is 1. The van der Waals surface area contributed by atoms with E-state index in [2.05, 4.69) is 10.6 Å². The number of hydrogen-bond donors (Lipinski definition) is 2. The van der Waals surface area contributed by atoms with Gasteiger partial charge in [-0.15, -0.1) is 0 Å². The van der Waals surface area contributed by atoms with Crippen molar-refractivity contribution in [1.29, 1.82) is 0 Å². The molecular weight excluding hydrogens is 196 g/mol. The van der Waals surface area contributed by atoms with E-state index in [4.69, 9.17) is 0 Å².